The van der Waals surface area contributed by atoms with E-state index in [1.165, 1.54) is 19.1 Å². The quantitative estimate of drug-likeness (QED) is 0.858. The van der Waals surface area contributed by atoms with Gasteiger partial charge in [-0.25, -0.2) is 8.42 Å². The number of hydrogen-bond acceptors (Lipinski definition) is 3. The summed E-state index contributed by atoms with van der Waals surface area (Å²) in [6.07, 6.45) is 3.80. The summed E-state index contributed by atoms with van der Waals surface area (Å²) in [5.41, 5.74) is 3.26. The Morgan fingerprint density at radius 3 is 2.65 bits per heavy atom. The number of aryl methyl sites for hydroxylation is 1. The summed E-state index contributed by atoms with van der Waals surface area (Å²) in [7, 11) is -3.17. The van der Waals surface area contributed by atoms with Crippen molar-refractivity contribution in [2.45, 2.75) is 39.3 Å². The summed E-state index contributed by atoms with van der Waals surface area (Å²) in [6, 6.07) is 3.99. The first-order valence-corrected chi connectivity index (χ1v) is 8.94. The Morgan fingerprint density at radius 2 is 2.05 bits per heavy atom. The molecule has 1 heterocycles. The van der Waals surface area contributed by atoms with E-state index in [9.17, 15) is 8.42 Å². The second kappa shape index (κ2) is 4.74. The van der Waals surface area contributed by atoms with Gasteiger partial charge in [0.15, 0.2) is 0 Å². The molecule has 20 heavy (non-hydrogen) atoms. The van der Waals surface area contributed by atoms with Crippen LogP contribution in [0.15, 0.2) is 12.1 Å². The minimum atomic E-state index is -3.17. The highest BCUT2D eigenvalue weighted by atomic mass is 32.2. The summed E-state index contributed by atoms with van der Waals surface area (Å²) >= 11 is 0. The Morgan fingerprint density at radius 1 is 1.35 bits per heavy atom. The Bertz CT molecular complexity index is 635. The molecule has 5 heteroatoms. The number of ether oxygens (including phenoxy) is 1. The average Bonchev–Trinajstić information content (AvgIpc) is 3.11. The first kappa shape index (κ1) is 13.9. The molecule has 0 bridgehead atoms. The van der Waals surface area contributed by atoms with Crippen molar-refractivity contribution in [3.05, 3.63) is 28.8 Å². The minimum absolute atomic E-state index is 0.108. The van der Waals surface area contributed by atoms with Crippen LogP contribution in [0.5, 0.6) is 5.75 Å². The van der Waals surface area contributed by atoms with Gasteiger partial charge in [0.1, 0.15) is 5.75 Å². The maximum atomic E-state index is 11.8. The van der Waals surface area contributed by atoms with Gasteiger partial charge in [-0.2, -0.15) is 4.31 Å². The monoisotopic (exact) mass is 295 g/mol. The van der Waals surface area contributed by atoms with Crippen LogP contribution in [0.1, 0.15) is 42.5 Å². The molecule has 0 radical (unpaired) electrons. The number of hydrogen-bond donors (Lipinski definition) is 0. The molecule has 4 nitrogen and oxygen atoms in total. The van der Waals surface area contributed by atoms with Gasteiger partial charge in [-0.1, -0.05) is 6.07 Å². The van der Waals surface area contributed by atoms with Gasteiger partial charge in [-0.15, -0.1) is 0 Å². The molecule has 0 aromatic heterocycles. The van der Waals surface area contributed by atoms with E-state index in [4.69, 9.17) is 4.74 Å². The molecule has 0 spiro atoms. The van der Waals surface area contributed by atoms with Crippen LogP contribution in [0.3, 0.4) is 0 Å². The highest BCUT2D eigenvalue weighted by molar-refractivity contribution is 7.88. The SMILES string of the molecule is Cc1cc2c(cc1OCC1CC1)[C@@H](C)N(S(C)(=O)=O)C2. The maximum Gasteiger partial charge on any atom is 0.212 e. The third-order valence-electron chi connectivity index (χ3n) is 4.24. The van der Waals surface area contributed by atoms with E-state index in [-0.39, 0.29) is 6.04 Å². The van der Waals surface area contributed by atoms with Crippen molar-refractivity contribution < 1.29 is 13.2 Å². The molecule has 1 aromatic carbocycles. The maximum absolute atomic E-state index is 11.8. The number of sulfonamides is 1. The van der Waals surface area contributed by atoms with Gasteiger partial charge in [-0.3, -0.25) is 0 Å². The van der Waals surface area contributed by atoms with Crippen LogP contribution in [-0.2, 0) is 16.6 Å². The molecule has 1 aromatic rings. The van der Waals surface area contributed by atoms with Gasteiger partial charge >= 0.3 is 0 Å². The first-order valence-electron chi connectivity index (χ1n) is 7.09. The van der Waals surface area contributed by atoms with Gasteiger partial charge in [0, 0.05) is 12.6 Å². The Balaban J connectivity index is 1.88. The van der Waals surface area contributed by atoms with Crippen LogP contribution in [0.25, 0.3) is 0 Å². The molecule has 2 aliphatic rings. The van der Waals surface area contributed by atoms with Crippen LogP contribution >= 0.6 is 0 Å². The molecule has 110 valence electrons. The fourth-order valence-electron chi connectivity index (χ4n) is 2.80. The molecule has 1 atom stereocenters. The van der Waals surface area contributed by atoms with Crippen LogP contribution in [0, 0.1) is 12.8 Å². The molecule has 0 saturated heterocycles. The normalized spacial score (nSPS) is 22.9. The van der Waals surface area contributed by atoms with Gasteiger partial charge in [-0.05, 0) is 55.4 Å². The summed E-state index contributed by atoms with van der Waals surface area (Å²) in [5, 5.41) is 0. The van der Waals surface area contributed by atoms with Crippen molar-refractivity contribution in [2.75, 3.05) is 12.9 Å². The Labute approximate surface area is 120 Å². The van der Waals surface area contributed by atoms with Crippen LogP contribution in [0.4, 0.5) is 0 Å². The Kier molecular flexibility index (Phi) is 3.29. The predicted octanol–water partition coefficient (Wildman–Crippen LogP) is 2.62. The van der Waals surface area contributed by atoms with E-state index in [1.807, 2.05) is 19.9 Å². The molecule has 3 rings (SSSR count). The molecule has 1 fully saturated rings. The average molecular weight is 295 g/mol. The van der Waals surface area contributed by atoms with Crippen molar-refractivity contribution in [1.82, 2.24) is 4.31 Å². The summed E-state index contributed by atoms with van der Waals surface area (Å²) in [4.78, 5) is 0. The number of nitrogens with zero attached hydrogens (tertiary/aromatic N) is 1. The van der Waals surface area contributed by atoms with Crippen molar-refractivity contribution >= 4 is 10.0 Å². The summed E-state index contributed by atoms with van der Waals surface area (Å²) in [5.74, 6) is 1.62. The second-order valence-corrected chi connectivity index (χ2v) is 7.99. The molecular weight excluding hydrogens is 274 g/mol. The fourth-order valence-corrected chi connectivity index (χ4v) is 3.86. The Hall–Kier alpha value is -1.07. The molecule has 1 aliphatic carbocycles. The lowest BCUT2D eigenvalue weighted by molar-refractivity contribution is 0.297. The number of fused-ring (bicyclic) bond motifs is 1. The smallest absolute Gasteiger partial charge is 0.212 e. The zero-order valence-corrected chi connectivity index (χ0v) is 13.0. The van der Waals surface area contributed by atoms with Gasteiger partial charge in [0.25, 0.3) is 0 Å². The predicted molar refractivity (Wildman–Crippen MR) is 78.2 cm³/mol. The van der Waals surface area contributed by atoms with Crippen LogP contribution < -0.4 is 4.74 Å². The lowest BCUT2D eigenvalue weighted by atomic mass is 10.0. The first-order chi connectivity index (χ1) is 9.36. The van der Waals surface area contributed by atoms with Gasteiger partial charge in [0.2, 0.25) is 10.0 Å². The van der Waals surface area contributed by atoms with Gasteiger partial charge < -0.3 is 4.74 Å². The third kappa shape index (κ3) is 2.56. The molecular formula is C15H21NO3S. The largest absolute Gasteiger partial charge is 0.493 e. The molecule has 0 N–H and O–H groups in total. The van der Waals surface area contributed by atoms with Crippen LogP contribution in [0.2, 0.25) is 0 Å². The van der Waals surface area contributed by atoms with Crippen molar-refractivity contribution in [3.63, 3.8) is 0 Å². The van der Waals surface area contributed by atoms with Crippen molar-refractivity contribution in [1.29, 1.82) is 0 Å². The van der Waals surface area contributed by atoms with Gasteiger partial charge in [0.05, 0.1) is 12.9 Å². The lowest BCUT2D eigenvalue weighted by Gasteiger charge is -2.18. The standard InChI is InChI=1S/C15H21NO3S/c1-10-6-13-8-16(20(3,17)18)11(2)14(13)7-15(10)19-9-12-4-5-12/h6-7,11-12H,4-5,8-9H2,1-3H3/t11-/m1/s1. The van der Waals surface area contributed by atoms with E-state index >= 15 is 0 Å². The fraction of sp³-hybridized carbons (Fsp3) is 0.600. The van der Waals surface area contributed by atoms with Crippen LogP contribution in [-0.4, -0.2) is 25.6 Å². The zero-order chi connectivity index (χ0) is 14.5. The molecule has 1 aliphatic heterocycles. The molecule has 0 amide bonds. The van der Waals surface area contributed by atoms with E-state index in [1.54, 1.807) is 4.31 Å². The molecule has 1 saturated carbocycles. The topological polar surface area (TPSA) is 46.6 Å². The van der Waals surface area contributed by atoms with Crippen molar-refractivity contribution in [2.24, 2.45) is 5.92 Å². The van der Waals surface area contributed by atoms with E-state index < -0.39 is 10.0 Å². The van der Waals surface area contributed by atoms with E-state index in [0.717, 1.165) is 29.0 Å². The van der Waals surface area contributed by atoms with Crippen molar-refractivity contribution in [3.8, 4) is 5.75 Å². The van der Waals surface area contributed by atoms with E-state index in [0.29, 0.717) is 12.5 Å². The lowest BCUT2D eigenvalue weighted by Crippen LogP contribution is -2.26. The summed E-state index contributed by atoms with van der Waals surface area (Å²) < 4.78 is 31.0. The summed E-state index contributed by atoms with van der Waals surface area (Å²) in [6.45, 7) is 5.21. The number of benzene rings is 1. The zero-order valence-electron chi connectivity index (χ0n) is 12.2. The highest BCUT2D eigenvalue weighted by Gasteiger charge is 2.33. The minimum Gasteiger partial charge on any atom is -0.493 e. The van der Waals surface area contributed by atoms with E-state index in [2.05, 4.69) is 6.07 Å². The second-order valence-electron chi connectivity index (χ2n) is 6.06. The highest BCUT2D eigenvalue weighted by Crippen LogP contribution is 2.39. The third-order valence-corrected chi connectivity index (χ3v) is 5.54. The molecule has 0 unspecified atom stereocenters. The number of rotatable bonds is 4.